The monoisotopic (exact) mass is 283 g/mol. The van der Waals surface area contributed by atoms with Crippen molar-refractivity contribution in [2.75, 3.05) is 7.11 Å². The molecule has 3 rings (SSSR count). The van der Waals surface area contributed by atoms with Crippen LogP contribution in [0.25, 0.3) is 0 Å². The van der Waals surface area contributed by atoms with Gasteiger partial charge in [-0.05, 0) is 36.0 Å². The number of benzene rings is 1. The molecule has 1 aliphatic carbocycles. The van der Waals surface area contributed by atoms with Gasteiger partial charge >= 0.3 is 0 Å². The van der Waals surface area contributed by atoms with Gasteiger partial charge in [0.1, 0.15) is 0 Å². The first kappa shape index (κ1) is 14.0. The Balaban J connectivity index is 2.04. The molecule has 1 aliphatic rings. The second-order valence-electron chi connectivity index (χ2n) is 5.46. The number of rotatable bonds is 5. The molecule has 1 aromatic heterocycles. The van der Waals surface area contributed by atoms with Gasteiger partial charge in [0.2, 0.25) is 5.88 Å². The molecule has 3 N–H and O–H groups in total. The molecular weight excluding hydrogens is 262 g/mol. The van der Waals surface area contributed by atoms with Gasteiger partial charge in [-0.1, -0.05) is 36.8 Å². The zero-order chi connectivity index (χ0) is 14.7. The molecule has 2 aromatic rings. The van der Waals surface area contributed by atoms with Crippen LogP contribution in [0.2, 0.25) is 0 Å². The highest BCUT2D eigenvalue weighted by Crippen LogP contribution is 2.41. The van der Waals surface area contributed by atoms with E-state index in [2.05, 4.69) is 34.7 Å². The van der Waals surface area contributed by atoms with Crippen LogP contribution in [0.5, 0.6) is 5.88 Å². The van der Waals surface area contributed by atoms with E-state index >= 15 is 0 Å². The normalized spacial score (nSPS) is 16.3. The number of nitrogens with one attached hydrogen (secondary N) is 1. The summed E-state index contributed by atoms with van der Waals surface area (Å²) < 4.78 is 5.38. The van der Waals surface area contributed by atoms with Crippen LogP contribution in [0.15, 0.2) is 42.6 Å². The first-order chi connectivity index (χ1) is 10.3. The fourth-order valence-corrected chi connectivity index (χ4v) is 3.01. The van der Waals surface area contributed by atoms with Gasteiger partial charge in [-0.25, -0.2) is 10.4 Å². The largest absolute Gasteiger partial charge is 0.481 e. The van der Waals surface area contributed by atoms with E-state index in [1.807, 2.05) is 12.1 Å². The van der Waals surface area contributed by atoms with E-state index in [0.29, 0.717) is 11.8 Å². The number of nitrogens with two attached hydrogens (primary N) is 1. The molecule has 1 heterocycles. The minimum atomic E-state index is -0.106. The third-order valence-electron chi connectivity index (χ3n) is 4.32. The van der Waals surface area contributed by atoms with E-state index < -0.39 is 0 Å². The number of nitrogens with zero attached hydrogens (tertiary/aromatic N) is 1. The van der Waals surface area contributed by atoms with E-state index in [0.717, 1.165) is 5.56 Å². The predicted molar refractivity (Wildman–Crippen MR) is 83.0 cm³/mol. The van der Waals surface area contributed by atoms with Crippen molar-refractivity contribution in [3.63, 3.8) is 0 Å². The molecule has 0 amide bonds. The van der Waals surface area contributed by atoms with Crippen LogP contribution >= 0.6 is 0 Å². The zero-order valence-electron chi connectivity index (χ0n) is 12.3. The Bertz CT molecular complexity index is 610. The summed E-state index contributed by atoms with van der Waals surface area (Å²) in [5.41, 5.74) is 6.50. The number of hydrogen-bond acceptors (Lipinski definition) is 4. The number of hydrogen-bond donors (Lipinski definition) is 2. The summed E-state index contributed by atoms with van der Waals surface area (Å²) in [4.78, 5) is 4.28. The highest BCUT2D eigenvalue weighted by molar-refractivity contribution is 5.42. The molecule has 0 radical (unpaired) electrons. The molecule has 0 bridgehead atoms. The third-order valence-corrected chi connectivity index (χ3v) is 4.32. The number of hydrazine groups is 1. The Morgan fingerprint density at radius 1 is 1.19 bits per heavy atom. The molecule has 110 valence electrons. The molecule has 1 saturated carbocycles. The van der Waals surface area contributed by atoms with Crippen molar-refractivity contribution in [1.29, 1.82) is 0 Å². The lowest BCUT2D eigenvalue weighted by Crippen LogP contribution is -2.30. The number of aromatic nitrogens is 1. The summed E-state index contributed by atoms with van der Waals surface area (Å²) in [6, 6.07) is 12.3. The minimum Gasteiger partial charge on any atom is -0.481 e. The summed E-state index contributed by atoms with van der Waals surface area (Å²) in [6.45, 7) is 0. The van der Waals surface area contributed by atoms with Crippen LogP contribution in [0.3, 0.4) is 0 Å². The highest BCUT2D eigenvalue weighted by Gasteiger charge is 2.26. The van der Waals surface area contributed by atoms with Gasteiger partial charge in [-0.2, -0.15) is 0 Å². The van der Waals surface area contributed by atoms with Crippen molar-refractivity contribution in [3.05, 3.63) is 59.3 Å². The summed E-state index contributed by atoms with van der Waals surface area (Å²) in [6.07, 6.45) is 5.57. The van der Waals surface area contributed by atoms with Gasteiger partial charge in [-0.3, -0.25) is 5.84 Å². The second-order valence-corrected chi connectivity index (χ2v) is 5.46. The number of pyridine rings is 1. The van der Waals surface area contributed by atoms with Crippen molar-refractivity contribution in [2.45, 2.75) is 31.2 Å². The van der Waals surface area contributed by atoms with Crippen molar-refractivity contribution < 1.29 is 4.74 Å². The molecule has 1 aromatic carbocycles. The lowest BCUT2D eigenvalue weighted by molar-refractivity contribution is 0.385. The van der Waals surface area contributed by atoms with Crippen LogP contribution in [0, 0.1) is 0 Å². The smallest absolute Gasteiger partial charge is 0.218 e. The Labute approximate surface area is 125 Å². The van der Waals surface area contributed by atoms with Gasteiger partial charge in [0, 0.05) is 11.8 Å². The second kappa shape index (κ2) is 6.24. The van der Waals surface area contributed by atoms with Gasteiger partial charge in [-0.15, -0.1) is 0 Å². The first-order valence-corrected chi connectivity index (χ1v) is 7.39. The third kappa shape index (κ3) is 2.64. The number of ether oxygens (including phenoxy) is 1. The Kier molecular flexibility index (Phi) is 4.18. The average Bonchev–Trinajstić information content (AvgIpc) is 2.48. The summed E-state index contributed by atoms with van der Waals surface area (Å²) in [5.74, 6) is 7.12. The maximum atomic E-state index is 5.86. The quantitative estimate of drug-likeness (QED) is 0.654. The van der Waals surface area contributed by atoms with Crippen LogP contribution < -0.4 is 16.0 Å². The molecule has 1 unspecified atom stereocenters. The number of methoxy groups -OCH3 is 1. The lowest BCUT2D eigenvalue weighted by atomic mass is 9.76. The molecule has 1 atom stereocenters. The molecule has 21 heavy (non-hydrogen) atoms. The van der Waals surface area contributed by atoms with Gasteiger partial charge in [0.25, 0.3) is 0 Å². The van der Waals surface area contributed by atoms with Crippen molar-refractivity contribution in [1.82, 2.24) is 10.4 Å². The molecule has 4 heteroatoms. The maximum Gasteiger partial charge on any atom is 0.218 e. The minimum absolute atomic E-state index is 0.106. The first-order valence-electron chi connectivity index (χ1n) is 7.39. The fourth-order valence-electron chi connectivity index (χ4n) is 3.01. The SMILES string of the molecule is COc1ncccc1C(NN)c1ccccc1C1CCC1. The summed E-state index contributed by atoms with van der Waals surface area (Å²) >= 11 is 0. The molecular formula is C17H21N3O. The van der Waals surface area contributed by atoms with Crippen molar-refractivity contribution >= 4 is 0 Å². The van der Waals surface area contributed by atoms with Gasteiger partial charge < -0.3 is 4.74 Å². The molecule has 0 spiro atoms. The molecule has 1 fully saturated rings. The van der Waals surface area contributed by atoms with Gasteiger partial charge in [0.15, 0.2) is 0 Å². The average molecular weight is 283 g/mol. The molecule has 0 aliphatic heterocycles. The standard InChI is InChI=1S/C17H21N3O/c1-21-17-15(10-5-11-19-17)16(20-18)14-9-3-2-8-13(14)12-6-4-7-12/h2-3,5,8-12,16,20H,4,6-7,18H2,1H3. The van der Waals surface area contributed by atoms with E-state index in [-0.39, 0.29) is 6.04 Å². The van der Waals surface area contributed by atoms with Gasteiger partial charge in [0.05, 0.1) is 13.2 Å². The van der Waals surface area contributed by atoms with Crippen molar-refractivity contribution in [3.8, 4) is 5.88 Å². The summed E-state index contributed by atoms with van der Waals surface area (Å²) in [5, 5.41) is 0. The van der Waals surface area contributed by atoms with E-state index in [1.54, 1.807) is 13.3 Å². The van der Waals surface area contributed by atoms with E-state index in [4.69, 9.17) is 10.6 Å². The highest BCUT2D eigenvalue weighted by atomic mass is 16.5. The summed E-state index contributed by atoms with van der Waals surface area (Å²) in [7, 11) is 1.64. The fraction of sp³-hybridized carbons (Fsp3) is 0.353. The topological polar surface area (TPSA) is 60.2 Å². The molecule has 4 nitrogen and oxygen atoms in total. The van der Waals surface area contributed by atoms with E-state index in [1.165, 1.54) is 30.4 Å². The lowest BCUT2D eigenvalue weighted by Gasteiger charge is -2.30. The van der Waals surface area contributed by atoms with Crippen LogP contribution in [0.4, 0.5) is 0 Å². The molecule has 0 saturated heterocycles. The Hall–Kier alpha value is -1.91. The van der Waals surface area contributed by atoms with Crippen LogP contribution in [-0.2, 0) is 0 Å². The Morgan fingerprint density at radius 3 is 2.62 bits per heavy atom. The maximum absolute atomic E-state index is 5.86. The predicted octanol–water partition coefficient (Wildman–Crippen LogP) is 2.91. The zero-order valence-corrected chi connectivity index (χ0v) is 12.3. The van der Waals surface area contributed by atoms with E-state index in [9.17, 15) is 0 Å². The van der Waals surface area contributed by atoms with Crippen LogP contribution in [-0.4, -0.2) is 12.1 Å². The van der Waals surface area contributed by atoms with Crippen molar-refractivity contribution in [2.24, 2.45) is 5.84 Å². The van der Waals surface area contributed by atoms with Crippen LogP contribution in [0.1, 0.15) is 47.9 Å². The Morgan fingerprint density at radius 2 is 1.95 bits per heavy atom.